The number of pyridine rings is 1. The number of hydrogen-bond acceptors (Lipinski definition) is 3. The van der Waals surface area contributed by atoms with Gasteiger partial charge in [0.1, 0.15) is 0 Å². The van der Waals surface area contributed by atoms with E-state index >= 15 is 0 Å². The van der Waals surface area contributed by atoms with E-state index in [2.05, 4.69) is 16.0 Å². The number of anilines is 1. The summed E-state index contributed by atoms with van der Waals surface area (Å²) in [7, 11) is 0. The average molecular weight is 199 g/mol. The van der Waals surface area contributed by atoms with Gasteiger partial charge in [-0.25, -0.2) is 0 Å². The molecule has 0 spiro atoms. The molecule has 0 bridgehead atoms. The monoisotopic (exact) mass is 199 g/mol. The zero-order valence-corrected chi connectivity index (χ0v) is 8.56. The summed E-state index contributed by atoms with van der Waals surface area (Å²) in [6, 6.07) is 6.16. The van der Waals surface area contributed by atoms with Crippen LogP contribution in [-0.4, -0.2) is 18.1 Å². The normalized spacial score (nSPS) is 15.9. The minimum Gasteiger partial charge on any atom is -0.371 e. The Hall–Kier alpha value is -1.82. The summed E-state index contributed by atoms with van der Waals surface area (Å²) in [5.41, 5.74) is 2.49. The van der Waals surface area contributed by atoms with Crippen LogP contribution in [0.1, 0.15) is 12.8 Å². The molecule has 15 heavy (non-hydrogen) atoms. The molecule has 1 fully saturated rings. The number of allylic oxidation sites excluding steroid dienone is 1. The van der Waals surface area contributed by atoms with Crippen LogP contribution in [0.4, 0.5) is 5.69 Å². The minimum atomic E-state index is 0.996. The van der Waals surface area contributed by atoms with Crippen LogP contribution >= 0.6 is 0 Å². The van der Waals surface area contributed by atoms with Crippen molar-refractivity contribution in [2.24, 2.45) is 0 Å². The summed E-state index contributed by atoms with van der Waals surface area (Å²) in [5.74, 6) is 0. The van der Waals surface area contributed by atoms with Crippen molar-refractivity contribution in [3.63, 3.8) is 0 Å². The van der Waals surface area contributed by atoms with Gasteiger partial charge >= 0.3 is 0 Å². The lowest BCUT2D eigenvalue weighted by Crippen LogP contribution is -2.30. The first-order valence-corrected chi connectivity index (χ1v) is 5.12. The number of hydrogen-bond donors (Lipinski definition) is 0. The highest BCUT2D eigenvalue weighted by atomic mass is 15.1. The van der Waals surface area contributed by atoms with Crippen LogP contribution in [0.5, 0.6) is 0 Å². The highest BCUT2D eigenvalue weighted by molar-refractivity contribution is 5.45. The fraction of sp³-hybridized carbons (Fsp3) is 0.333. The number of nitriles is 1. The summed E-state index contributed by atoms with van der Waals surface area (Å²) < 4.78 is 0. The maximum Gasteiger partial charge on any atom is 0.0911 e. The summed E-state index contributed by atoms with van der Waals surface area (Å²) in [5, 5.41) is 8.55. The van der Waals surface area contributed by atoms with Crippen molar-refractivity contribution in [1.29, 1.82) is 5.26 Å². The van der Waals surface area contributed by atoms with Gasteiger partial charge in [-0.15, -0.1) is 0 Å². The van der Waals surface area contributed by atoms with Crippen molar-refractivity contribution in [1.82, 2.24) is 4.98 Å². The molecule has 1 aliphatic rings. The zero-order valence-electron chi connectivity index (χ0n) is 8.56. The largest absolute Gasteiger partial charge is 0.371 e. The molecule has 0 N–H and O–H groups in total. The van der Waals surface area contributed by atoms with Gasteiger partial charge in [0.05, 0.1) is 6.07 Å². The van der Waals surface area contributed by atoms with E-state index in [4.69, 9.17) is 5.26 Å². The van der Waals surface area contributed by atoms with E-state index < -0.39 is 0 Å². The van der Waals surface area contributed by atoms with Gasteiger partial charge < -0.3 is 4.90 Å². The van der Waals surface area contributed by atoms with Gasteiger partial charge in [0.25, 0.3) is 0 Å². The molecule has 0 aromatic carbocycles. The standard InChI is InChI=1S/C12H13N3/c13-6-1-11-4-9-15(10-5-11)12-2-7-14-8-3-12/h1-3,7-8H,4-5,9-10H2. The molecule has 0 unspecified atom stereocenters. The van der Waals surface area contributed by atoms with E-state index in [1.807, 2.05) is 24.5 Å². The molecule has 1 saturated heterocycles. The molecule has 0 saturated carbocycles. The Morgan fingerprint density at radius 2 is 1.93 bits per heavy atom. The number of piperidine rings is 1. The number of rotatable bonds is 1. The molecule has 0 amide bonds. The third kappa shape index (κ3) is 2.35. The van der Waals surface area contributed by atoms with Gasteiger partial charge in [0, 0.05) is 37.2 Å². The van der Waals surface area contributed by atoms with Crippen molar-refractivity contribution in [3.8, 4) is 6.07 Å². The fourth-order valence-electron chi connectivity index (χ4n) is 1.84. The van der Waals surface area contributed by atoms with Gasteiger partial charge in [-0.1, -0.05) is 5.57 Å². The summed E-state index contributed by atoms with van der Waals surface area (Å²) in [4.78, 5) is 6.33. The summed E-state index contributed by atoms with van der Waals surface area (Å²) >= 11 is 0. The highest BCUT2D eigenvalue weighted by Gasteiger charge is 2.13. The second kappa shape index (κ2) is 4.61. The molecule has 2 heterocycles. The maximum atomic E-state index is 8.55. The first-order chi connectivity index (χ1) is 7.40. The molecule has 3 nitrogen and oxygen atoms in total. The lowest BCUT2D eigenvalue weighted by atomic mass is 10.0. The maximum absolute atomic E-state index is 8.55. The second-order valence-corrected chi connectivity index (χ2v) is 3.62. The van der Waals surface area contributed by atoms with Crippen molar-refractivity contribution < 1.29 is 0 Å². The van der Waals surface area contributed by atoms with Gasteiger partial charge in [-0.3, -0.25) is 4.98 Å². The molecule has 1 aromatic rings. The van der Waals surface area contributed by atoms with E-state index in [1.54, 1.807) is 6.08 Å². The lowest BCUT2D eigenvalue weighted by molar-refractivity contribution is 0.685. The fourth-order valence-corrected chi connectivity index (χ4v) is 1.84. The Labute approximate surface area is 89.7 Å². The van der Waals surface area contributed by atoms with Crippen molar-refractivity contribution in [2.75, 3.05) is 18.0 Å². The van der Waals surface area contributed by atoms with E-state index in [9.17, 15) is 0 Å². The Morgan fingerprint density at radius 3 is 2.53 bits per heavy atom. The molecule has 3 heteroatoms. The molecule has 1 aliphatic heterocycles. The Kier molecular flexibility index (Phi) is 2.99. The Balaban J connectivity index is 2.01. The van der Waals surface area contributed by atoms with Crippen molar-refractivity contribution in [3.05, 3.63) is 36.2 Å². The van der Waals surface area contributed by atoms with Crippen LogP contribution in [-0.2, 0) is 0 Å². The molecular formula is C12H13N3. The lowest BCUT2D eigenvalue weighted by Gasteiger charge is -2.29. The SMILES string of the molecule is N#CC=C1CCN(c2ccncc2)CC1. The van der Waals surface area contributed by atoms with E-state index in [0.29, 0.717) is 0 Å². The molecule has 2 rings (SSSR count). The van der Waals surface area contributed by atoms with Gasteiger partial charge in [-0.2, -0.15) is 5.26 Å². The molecule has 0 atom stereocenters. The number of nitrogens with zero attached hydrogens (tertiary/aromatic N) is 3. The van der Waals surface area contributed by atoms with Gasteiger partial charge in [-0.05, 0) is 25.0 Å². The molecular weight excluding hydrogens is 186 g/mol. The van der Waals surface area contributed by atoms with Gasteiger partial charge in [0.2, 0.25) is 0 Å². The smallest absolute Gasteiger partial charge is 0.0911 e. The van der Waals surface area contributed by atoms with E-state index in [0.717, 1.165) is 25.9 Å². The number of aromatic nitrogens is 1. The Morgan fingerprint density at radius 1 is 1.27 bits per heavy atom. The van der Waals surface area contributed by atoms with Crippen molar-refractivity contribution >= 4 is 5.69 Å². The van der Waals surface area contributed by atoms with Crippen LogP contribution < -0.4 is 4.90 Å². The van der Waals surface area contributed by atoms with E-state index in [-0.39, 0.29) is 0 Å². The predicted octanol–water partition coefficient (Wildman–Crippen LogP) is 2.13. The predicted molar refractivity (Wildman–Crippen MR) is 59.4 cm³/mol. The summed E-state index contributed by atoms with van der Waals surface area (Å²) in [6.07, 6.45) is 7.31. The van der Waals surface area contributed by atoms with Crippen LogP contribution in [0.15, 0.2) is 36.2 Å². The van der Waals surface area contributed by atoms with Crippen LogP contribution in [0.2, 0.25) is 0 Å². The third-order valence-corrected chi connectivity index (χ3v) is 2.70. The Bertz CT molecular complexity index is 379. The molecule has 1 aromatic heterocycles. The first-order valence-electron chi connectivity index (χ1n) is 5.12. The average Bonchev–Trinajstić information content (AvgIpc) is 2.32. The summed E-state index contributed by atoms with van der Waals surface area (Å²) in [6.45, 7) is 2.00. The highest BCUT2D eigenvalue weighted by Crippen LogP contribution is 2.21. The molecule has 0 radical (unpaired) electrons. The minimum absolute atomic E-state index is 0.996. The zero-order chi connectivity index (χ0) is 10.5. The van der Waals surface area contributed by atoms with Crippen LogP contribution in [0, 0.1) is 11.3 Å². The van der Waals surface area contributed by atoms with E-state index in [1.165, 1.54) is 11.3 Å². The molecule has 0 aliphatic carbocycles. The molecule has 76 valence electrons. The first kappa shape index (κ1) is 9.72. The topological polar surface area (TPSA) is 39.9 Å². The van der Waals surface area contributed by atoms with Gasteiger partial charge in [0.15, 0.2) is 0 Å². The second-order valence-electron chi connectivity index (χ2n) is 3.62. The van der Waals surface area contributed by atoms with Crippen LogP contribution in [0.3, 0.4) is 0 Å². The quantitative estimate of drug-likeness (QED) is 0.650. The van der Waals surface area contributed by atoms with Crippen LogP contribution in [0.25, 0.3) is 0 Å². The third-order valence-electron chi connectivity index (χ3n) is 2.70. The van der Waals surface area contributed by atoms with Crippen molar-refractivity contribution in [2.45, 2.75) is 12.8 Å².